The molecule has 1 aliphatic rings. The van der Waals surface area contributed by atoms with Crippen LogP contribution in [0.3, 0.4) is 0 Å². The molecule has 1 aromatic carbocycles. The fourth-order valence-corrected chi connectivity index (χ4v) is 2.93. The number of non-ortho nitro benzene ring substituents is 1. The monoisotopic (exact) mass is 323 g/mol. The van der Waals surface area contributed by atoms with Gasteiger partial charge in [0.05, 0.1) is 16.3 Å². The third-order valence-corrected chi connectivity index (χ3v) is 3.66. The van der Waals surface area contributed by atoms with Gasteiger partial charge in [-0.25, -0.2) is 0 Å². The Labute approximate surface area is 134 Å². The van der Waals surface area contributed by atoms with Crippen LogP contribution in [0.25, 0.3) is 5.69 Å². The molecule has 1 unspecified atom stereocenters. The number of rotatable bonds is 3. The van der Waals surface area contributed by atoms with Crippen LogP contribution < -0.4 is 4.74 Å². The van der Waals surface area contributed by atoms with Crippen LogP contribution in [0.1, 0.15) is 12.6 Å². The van der Waals surface area contributed by atoms with Gasteiger partial charge in [-0.2, -0.15) is 0 Å². The molecular formula is C15H18ClN3O3. The molecule has 0 amide bonds. The summed E-state index contributed by atoms with van der Waals surface area (Å²) in [6, 6.07) is 8.62. The summed E-state index contributed by atoms with van der Waals surface area (Å²) in [7, 11) is 3.99. The van der Waals surface area contributed by atoms with Crippen molar-refractivity contribution in [3.8, 4) is 11.4 Å². The van der Waals surface area contributed by atoms with Gasteiger partial charge in [-0.1, -0.05) is 0 Å². The van der Waals surface area contributed by atoms with Gasteiger partial charge in [-0.3, -0.25) is 10.1 Å². The van der Waals surface area contributed by atoms with Crippen LogP contribution >= 0.6 is 12.4 Å². The van der Waals surface area contributed by atoms with E-state index < -0.39 is 10.5 Å². The van der Waals surface area contributed by atoms with Gasteiger partial charge in [-0.05, 0) is 39.2 Å². The Hall–Kier alpha value is -2.05. The minimum absolute atomic E-state index is 0. The number of ether oxygens (including phenoxy) is 1. The maximum absolute atomic E-state index is 11.0. The number of likely N-dealkylation sites (N-methyl/N-ethyl adjacent to an activating group) is 1. The minimum Gasteiger partial charge on any atom is -0.478 e. The molecule has 22 heavy (non-hydrogen) atoms. The van der Waals surface area contributed by atoms with Crippen LogP contribution in [0, 0.1) is 10.1 Å². The van der Waals surface area contributed by atoms with E-state index in [1.165, 1.54) is 6.07 Å². The van der Waals surface area contributed by atoms with Gasteiger partial charge in [0.15, 0.2) is 5.60 Å². The maximum Gasteiger partial charge on any atom is 0.271 e. The van der Waals surface area contributed by atoms with E-state index in [1.807, 2.05) is 43.9 Å². The van der Waals surface area contributed by atoms with Crippen molar-refractivity contribution in [1.29, 1.82) is 0 Å². The van der Waals surface area contributed by atoms with Crippen molar-refractivity contribution in [1.82, 2.24) is 9.47 Å². The molecule has 0 fully saturated rings. The number of benzene rings is 1. The average Bonchev–Trinajstić information content (AvgIpc) is 2.87. The Kier molecular flexibility index (Phi) is 4.17. The Balaban J connectivity index is 0.00000176. The lowest BCUT2D eigenvalue weighted by molar-refractivity contribution is -0.384. The Morgan fingerprint density at radius 2 is 2.09 bits per heavy atom. The molecule has 0 radical (unpaired) electrons. The first-order valence-electron chi connectivity index (χ1n) is 6.71. The normalized spacial score (nSPS) is 18.9. The second kappa shape index (κ2) is 5.62. The number of aromatic nitrogens is 1. The lowest BCUT2D eigenvalue weighted by Gasteiger charge is -2.38. The summed E-state index contributed by atoms with van der Waals surface area (Å²) in [5, 5.41) is 11.0. The van der Waals surface area contributed by atoms with E-state index in [1.54, 1.807) is 12.1 Å². The lowest BCUT2D eigenvalue weighted by Crippen LogP contribution is -2.43. The molecule has 2 aromatic rings. The first-order valence-corrected chi connectivity index (χ1v) is 6.71. The molecule has 0 N–H and O–H groups in total. The van der Waals surface area contributed by atoms with Crippen LogP contribution in [-0.4, -0.2) is 35.0 Å². The van der Waals surface area contributed by atoms with E-state index in [0.29, 0.717) is 18.0 Å². The topological polar surface area (TPSA) is 60.5 Å². The molecule has 0 saturated heterocycles. The third kappa shape index (κ3) is 2.55. The lowest BCUT2D eigenvalue weighted by atomic mass is 9.99. The molecule has 7 heteroatoms. The fraction of sp³-hybridized carbons (Fsp3) is 0.333. The highest BCUT2D eigenvalue weighted by molar-refractivity contribution is 5.85. The predicted octanol–water partition coefficient (Wildman–Crippen LogP) is 2.98. The van der Waals surface area contributed by atoms with Crippen molar-refractivity contribution in [2.75, 3.05) is 20.6 Å². The van der Waals surface area contributed by atoms with Gasteiger partial charge in [-0.15, -0.1) is 12.4 Å². The minimum atomic E-state index is -0.490. The van der Waals surface area contributed by atoms with Crippen molar-refractivity contribution >= 4 is 18.1 Å². The summed E-state index contributed by atoms with van der Waals surface area (Å²) in [5.74, 6) is 0.661. The van der Waals surface area contributed by atoms with Crippen molar-refractivity contribution < 1.29 is 9.66 Å². The number of nitrogens with zero attached hydrogens (tertiary/aromatic N) is 3. The predicted molar refractivity (Wildman–Crippen MR) is 86.2 cm³/mol. The van der Waals surface area contributed by atoms with Crippen molar-refractivity contribution in [3.63, 3.8) is 0 Å². The van der Waals surface area contributed by atoms with Gasteiger partial charge < -0.3 is 14.2 Å². The standard InChI is InChI=1S/C15H17N3O3.ClH/c1-15(10-16(2)3)14-5-4-8-17(14)12-9-11(18(19)20)6-7-13(12)21-15;/h4-9H,10H2,1-3H3;1H. The molecule has 1 aromatic heterocycles. The molecule has 0 saturated carbocycles. The highest BCUT2D eigenvalue weighted by atomic mass is 35.5. The molecule has 0 bridgehead atoms. The molecule has 2 heterocycles. The zero-order valence-electron chi connectivity index (χ0n) is 12.6. The van der Waals surface area contributed by atoms with Gasteiger partial charge in [0, 0.05) is 24.9 Å². The summed E-state index contributed by atoms with van der Waals surface area (Å²) in [6.07, 6.45) is 1.91. The second-order valence-electron chi connectivity index (χ2n) is 5.74. The van der Waals surface area contributed by atoms with Crippen LogP contribution in [0.2, 0.25) is 0 Å². The largest absolute Gasteiger partial charge is 0.478 e. The fourth-order valence-electron chi connectivity index (χ4n) is 2.93. The van der Waals surface area contributed by atoms with Gasteiger partial charge >= 0.3 is 0 Å². The molecule has 0 aliphatic carbocycles. The molecule has 1 aliphatic heterocycles. The van der Waals surface area contributed by atoms with Gasteiger partial charge in [0.2, 0.25) is 0 Å². The number of fused-ring (bicyclic) bond motifs is 3. The van der Waals surface area contributed by atoms with Gasteiger partial charge in [0.1, 0.15) is 5.75 Å². The Bertz CT molecular complexity index is 714. The number of halogens is 1. The van der Waals surface area contributed by atoms with E-state index in [2.05, 4.69) is 4.90 Å². The third-order valence-electron chi connectivity index (χ3n) is 3.66. The quantitative estimate of drug-likeness (QED) is 0.643. The second-order valence-corrected chi connectivity index (χ2v) is 5.74. The van der Waals surface area contributed by atoms with E-state index in [9.17, 15) is 10.1 Å². The molecule has 6 nitrogen and oxygen atoms in total. The molecule has 118 valence electrons. The first kappa shape index (κ1) is 16.3. The summed E-state index contributed by atoms with van der Waals surface area (Å²) < 4.78 is 8.13. The van der Waals surface area contributed by atoms with E-state index in [4.69, 9.17) is 4.74 Å². The zero-order chi connectivity index (χ0) is 15.2. The smallest absolute Gasteiger partial charge is 0.271 e. The average molecular weight is 324 g/mol. The van der Waals surface area contributed by atoms with Crippen LogP contribution in [0.15, 0.2) is 36.5 Å². The summed E-state index contributed by atoms with van der Waals surface area (Å²) in [6.45, 7) is 2.75. The van der Waals surface area contributed by atoms with E-state index in [0.717, 1.165) is 5.69 Å². The Morgan fingerprint density at radius 1 is 1.36 bits per heavy atom. The van der Waals surface area contributed by atoms with Crippen LogP contribution in [0.5, 0.6) is 5.75 Å². The highest BCUT2D eigenvalue weighted by Gasteiger charge is 2.37. The molecule has 1 atom stereocenters. The molecule has 3 rings (SSSR count). The maximum atomic E-state index is 11.0. The highest BCUT2D eigenvalue weighted by Crippen LogP contribution is 2.40. The SMILES string of the molecule is CN(C)CC1(C)Oc2ccc([N+](=O)[O-])cc2-n2cccc21.Cl. The number of nitro groups is 1. The zero-order valence-corrected chi connectivity index (χ0v) is 13.5. The number of nitro benzene ring substituents is 1. The van der Waals surface area contributed by atoms with E-state index >= 15 is 0 Å². The van der Waals surface area contributed by atoms with E-state index in [-0.39, 0.29) is 18.1 Å². The summed E-state index contributed by atoms with van der Waals surface area (Å²) in [5.41, 5.74) is 1.27. The molecule has 0 spiro atoms. The van der Waals surface area contributed by atoms with Crippen LogP contribution in [0.4, 0.5) is 5.69 Å². The summed E-state index contributed by atoms with van der Waals surface area (Å²) in [4.78, 5) is 12.6. The van der Waals surface area contributed by atoms with Crippen molar-refractivity contribution in [2.24, 2.45) is 0 Å². The van der Waals surface area contributed by atoms with Crippen molar-refractivity contribution in [2.45, 2.75) is 12.5 Å². The van der Waals surface area contributed by atoms with Crippen molar-refractivity contribution in [3.05, 3.63) is 52.3 Å². The summed E-state index contributed by atoms with van der Waals surface area (Å²) >= 11 is 0. The van der Waals surface area contributed by atoms with Crippen LogP contribution in [-0.2, 0) is 5.60 Å². The number of hydrogen-bond acceptors (Lipinski definition) is 4. The van der Waals surface area contributed by atoms with Gasteiger partial charge in [0.25, 0.3) is 5.69 Å². The first-order chi connectivity index (χ1) is 9.90. The molecular weight excluding hydrogens is 306 g/mol. The Morgan fingerprint density at radius 3 is 2.73 bits per heavy atom. The number of hydrogen-bond donors (Lipinski definition) is 0.